The molecule has 1 amide bonds. The fraction of sp³-hybridized carbons (Fsp3) is 0.778. The number of ether oxygens (including phenoxy) is 1. The third-order valence-electron chi connectivity index (χ3n) is 1.36. The van der Waals surface area contributed by atoms with Crippen LogP contribution >= 0.6 is 11.8 Å². The number of hydrogen-bond donors (Lipinski definition) is 1. The van der Waals surface area contributed by atoms with Crippen LogP contribution in [0.1, 0.15) is 33.6 Å². The molecule has 14 heavy (non-hydrogen) atoms. The van der Waals surface area contributed by atoms with Crippen LogP contribution in [0.2, 0.25) is 0 Å². The molecule has 0 saturated carbocycles. The van der Waals surface area contributed by atoms with Crippen molar-refractivity contribution >= 4 is 23.0 Å². The quantitative estimate of drug-likeness (QED) is 0.720. The zero-order valence-corrected chi connectivity index (χ0v) is 9.65. The molecule has 0 aliphatic rings. The van der Waals surface area contributed by atoms with Gasteiger partial charge in [0.05, 0.1) is 12.0 Å². The first kappa shape index (κ1) is 13.3. The fourth-order valence-electron chi connectivity index (χ4n) is 0.828. The number of rotatable bonds is 5. The minimum absolute atomic E-state index is 0.0943. The molecular weight excluding hydrogens is 202 g/mol. The van der Waals surface area contributed by atoms with E-state index in [-0.39, 0.29) is 10.5 Å². The van der Waals surface area contributed by atoms with Crippen LogP contribution in [-0.2, 0) is 9.53 Å². The Morgan fingerprint density at radius 2 is 2.07 bits per heavy atom. The summed E-state index contributed by atoms with van der Waals surface area (Å²) in [6, 6.07) is 0. The molecule has 0 bridgehead atoms. The van der Waals surface area contributed by atoms with Crippen molar-refractivity contribution in [1.82, 2.24) is 5.32 Å². The summed E-state index contributed by atoms with van der Waals surface area (Å²) < 4.78 is 4.68. The molecule has 82 valence electrons. The molecule has 0 aromatic carbocycles. The minimum Gasteiger partial charge on any atom is -0.450 e. The van der Waals surface area contributed by atoms with Gasteiger partial charge in [0.15, 0.2) is 5.12 Å². The van der Waals surface area contributed by atoms with E-state index in [2.05, 4.69) is 10.1 Å². The smallest absolute Gasteiger partial charge is 0.407 e. The van der Waals surface area contributed by atoms with Gasteiger partial charge in [-0.15, -0.1) is 0 Å². The minimum atomic E-state index is -0.475. The zero-order chi connectivity index (χ0) is 11.0. The normalized spacial score (nSPS) is 11.9. The van der Waals surface area contributed by atoms with Gasteiger partial charge in [-0.3, -0.25) is 4.79 Å². The lowest BCUT2D eigenvalue weighted by Gasteiger charge is -2.11. The van der Waals surface area contributed by atoms with Crippen LogP contribution in [0.3, 0.4) is 0 Å². The number of carbonyl (C=O) groups excluding carboxylic acids is 2. The lowest BCUT2D eigenvalue weighted by Crippen LogP contribution is -2.31. The molecular formula is C9H17NO3S. The topological polar surface area (TPSA) is 55.4 Å². The number of nitrogens with one attached hydrogen (secondary N) is 1. The average Bonchev–Trinajstić information content (AvgIpc) is 2.03. The van der Waals surface area contributed by atoms with Crippen LogP contribution in [0.25, 0.3) is 0 Å². The van der Waals surface area contributed by atoms with Gasteiger partial charge in [0.1, 0.15) is 0 Å². The zero-order valence-electron chi connectivity index (χ0n) is 8.83. The van der Waals surface area contributed by atoms with Gasteiger partial charge in [0, 0.05) is 6.42 Å². The summed E-state index contributed by atoms with van der Waals surface area (Å²) in [7, 11) is 0. The Morgan fingerprint density at radius 1 is 1.43 bits per heavy atom. The van der Waals surface area contributed by atoms with Crippen molar-refractivity contribution in [2.45, 2.75) is 39.0 Å². The van der Waals surface area contributed by atoms with Crippen molar-refractivity contribution in [3.63, 3.8) is 0 Å². The Kier molecular flexibility index (Phi) is 7.28. The summed E-state index contributed by atoms with van der Waals surface area (Å²) in [6.07, 6.45) is 0.897. The summed E-state index contributed by atoms with van der Waals surface area (Å²) in [4.78, 5) is 22.1. The van der Waals surface area contributed by atoms with Gasteiger partial charge in [0.2, 0.25) is 0 Å². The van der Waals surface area contributed by atoms with Crippen molar-refractivity contribution < 1.29 is 14.3 Å². The lowest BCUT2D eigenvalue weighted by atomic mass is 10.4. The number of amides is 1. The van der Waals surface area contributed by atoms with E-state index in [1.54, 1.807) is 13.8 Å². The number of hydrogen-bond acceptors (Lipinski definition) is 4. The predicted molar refractivity (Wildman–Crippen MR) is 57.1 cm³/mol. The van der Waals surface area contributed by atoms with E-state index >= 15 is 0 Å². The first-order chi connectivity index (χ1) is 6.60. The number of thioether (sulfide) groups is 1. The molecule has 0 aromatic heterocycles. The van der Waals surface area contributed by atoms with Crippen molar-refractivity contribution in [2.24, 2.45) is 0 Å². The largest absolute Gasteiger partial charge is 0.450 e. The van der Waals surface area contributed by atoms with Gasteiger partial charge in [-0.25, -0.2) is 4.79 Å². The summed E-state index contributed by atoms with van der Waals surface area (Å²) in [5.41, 5.74) is 0. The second-order valence-corrected chi connectivity index (χ2v) is 4.15. The van der Waals surface area contributed by atoms with Gasteiger partial charge in [-0.05, 0) is 20.3 Å². The first-order valence-corrected chi connectivity index (χ1v) is 5.60. The monoisotopic (exact) mass is 219 g/mol. The summed E-state index contributed by atoms with van der Waals surface area (Å²) >= 11 is 1.13. The summed E-state index contributed by atoms with van der Waals surface area (Å²) in [5, 5.41) is 2.42. The first-order valence-electron chi connectivity index (χ1n) is 4.72. The van der Waals surface area contributed by atoms with Crippen LogP contribution in [0.4, 0.5) is 4.79 Å². The molecule has 5 heteroatoms. The van der Waals surface area contributed by atoms with Gasteiger partial charge in [-0.2, -0.15) is 0 Å². The molecule has 0 rings (SSSR count). The molecule has 0 spiro atoms. The third-order valence-corrected chi connectivity index (χ3v) is 2.30. The Labute approximate surface area is 88.8 Å². The molecule has 4 nitrogen and oxygen atoms in total. The van der Waals surface area contributed by atoms with Gasteiger partial charge < -0.3 is 10.1 Å². The molecule has 1 unspecified atom stereocenters. The van der Waals surface area contributed by atoms with Gasteiger partial charge in [0.25, 0.3) is 0 Å². The Hall–Kier alpha value is -0.710. The van der Waals surface area contributed by atoms with Crippen LogP contribution in [-0.4, -0.2) is 23.2 Å². The van der Waals surface area contributed by atoms with Crippen LogP contribution in [0, 0.1) is 0 Å². The summed E-state index contributed by atoms with van der Waals surface area (Å²) in [6.45, 7) is 5.78. The number of alkyl carbamates (subject to hydrolysis) is 1. The Balaban J connectivity index is 3.68. The van der Waals surface area contributed by atoms with E-state index in [0.717, 1.165) is 18.2 Å². The maximum Gasteiger partial charge on any atom is 0.407 e. The third kappa shape index (κ3) is 6.77. The highest BCUT2D eigenvalue weighted by Gasteiger charge is 2.11. The lowest BCUT2D eigenvalue weighted by molar-refractivity contribution is -0.111. The molecule has 1 atom stereocenters. The highest BCUT2D eigenvalue weighted by Crippen LogP contribution is 2.12. The van der Waals surface area contributed by atoms with Gasteiger partial charge in [-0.1, -0.05) is 18.7 Å². The van der Waals surface area contributed by atoms with E-state index in [0.29, 0.717) is 13.0 Å². The predicted octanol–water partition coefficient (Wildman–Crippen LogP) is 2.14. The van der Waals surface area contributed by atoms with Gasteiger partial charge >= 0.3 is 6.09 Å². The van der Waals surface area contributed by atoms with E-state index in [9.17, 15) is 9.59 Å². The van der Waals surface area contributed by atoms with Crippen molar-refractivity contribution in [3.8, 4) is 0 Å². The molecule has 0 heterocycles. The second-order valence-electron chi connectivity index (χ2n) is 2.75. The standard InChI is InChI=1S/C9H17NO3S/c1-4-6-8(11)14-7(3)10-9(12)13-5-2/h7H,4-6H2,1-3H3,(H,10,12). The van der Waals surface area contributed by atoms with Crippen molar-refractivity contribution in [2.75, 3.05) is 6.61 Å². The summed E-state index contributed by atoms with van der Waals surface area (Å²) in [5.74, 6) is 0. The van der Waals surface area contributed by atoms with Crippen LogP contribution in [0.5, 0.6) is 0 Å². The maximum absolute atomic E-state index is 11.2. The molecule has 0 saturated heterocycles. The van der Waals surface area contributed by atoms with E-state index in [1.807, 2.05) is 6.92 Å². The molecule has 0 aromatic rings. The maximum atomic E-state index is 11.2. The van der Waals surface area contributed by atoms with Crippen LogP contribution < -0.4 is 5.32 Å². The fourth-order valence-corrected chi connectivity index (χ4v) is 1.70. The highest BCUT2D eigenvalue weighted by atomic mass is 32.2. The number of carbonyl (C=O) groups is 2. The van der Waals surface area contributed by atoms with Crippen LogP contribution in [0.15, 0.2) is 0 Å². The highest BCUT2D eigenvalue weighted by molar-refractivity contribution is 8.14. The van der Waals surface area contributed by atoms with E-state index in [4.69, 9.17) is 0 Å². The van der Waals surface area contributed by atoms with E-state index < -0.39 is 6.09 Å². The second kappa shape index (κ2) is 7.67. The average molecular weight is 219 g/mol. The molecule has 0 fully saturated rings. The van der Waals surface area contributed by atoms with Crippen molar-refractivity contribution in [3.05, 3.63) is 0 Å². The molecule has 0 aliphatic heterocycles. The van der Waals surface area contributed by atoms with E-state index in [1.165, 1.54) is 0 Å². The Bertz CT molecular complexity index is 176. The van der Waals surface area contributed by atoms with Crippen molar-refractivity contribution in [1.29, 1.82) is 0 Å². The SMILES string of the molecule is CCCC(=O)SC(C)NC(=O)OCC. The Morgan fingerprint density at radius 3 is 2.57 bits per heavy atom. The molecule has 0 radical (unpaired) electrons. The molecule has 0 aliphatic carbocycles. The molecule has 1 N–H and O–H groups in total.